The Bertz CT molecular complexity index is 1640. The third-order valence-electron chi connectivity index (χ3n) is 7.08. The number of nitrogens with one attached hydrogen (secondary N) is 1. The van der Waals surface area contributed by atoms with Crippen molar-refractivity contribution in [3.63, 3.8) is 0 Å². The molecule has 2 aliphatic heterocycles. The number of hydrogen-bond acceptors (Lipinski definition) is 8. The van der Waals surface area contributed by atoms with Crippen LogP contribution in [-0.4, -0.2) is 59.3 Å². The first-order valence-corrected chi connectivity index (χ1v) is 13.8. The summed E-state index contributed by atoms with van der Waals surface area (Å²) < 4.78 is 18.3. The highest BCUT2D eigenvalue weighted by Crippen LogP contribution is 2.42. The number of hydrogen-bond donors (Lipinski definition) is 1. The van der Waals surface area contributed by atoms with Crippen LogP contribution < -0.4 is 19.5 Å². The highest BCUT2D eigenvalue weighted by atomic mass is 35.5. The van der Waals surface area contributed by atoms with Gasteiger partial charge in [0.05, 0.1) is 39.3 Å². The van der Waals surface area contributed by atoms with Crippen molar-refractivity contribution in [1.29, 1.82) is 0 Å². The minimum Gasteiger partial charge on any atom is -0.493 e. The molecule has 4 heterocycles. The molecule has 6 rings (SSSR count). The van der Waals surface area contributed by atoms with Crippen LogP contribution in [0.25, 0.3) is 5.00 Å². The topological polar surface area (TPSA) is 103 Å². The lowest BCUT2D eigenvalue weighted by atomic mass is 9.95. The van der Waals surface area contributed by atoms with Gasteiger partial charge in [0.25, 0.3) is 0 Å². The molecule has 2 aromatic heterocycles. The number of methoxy groups -OCH3 is 3. The summed E-state index contributed by atoms with van der Waals surface area (Å²) in [6, 6.07) is 11.0. The fourth-order valence-electron chi connectivity index (χ4n) is 5.19. The van der Waals surface area contributed by atoms with E-state index in [1.807, 2.05) is 31.2 Å². The number of nitrogens with zero attached hydrogens (tertiary/aromatic N) is 5. The Morgan fingerprint density at radius 2 is 1.82 bits per heavy atom. The van der Waals surface area contributed by atoms with Crippen molar-refractivity contribution in [3.05, 3.63) is 74.6 Å². The molecule has 10 nitrogen and oxygen atoms in total. The minimum atomic E-state index is -0.218. The van der Waals surface area contributed by atoms with E-state index in [9.17, 15) is 4.79 Å². The molecule has 0 fully saturated rings. The fourth-order valence-corrected chi connectivity index (χ4v) is 6.85. The predicted molar refractivity (Wildman–Crippen MR) is 154 cm³/mol. The second kappa shape index (κ2) is 10.5. The first-order valence-electron chi connectivity index (χ1n) is 12.6. The fraction of sp³-hybridized carbons (Fsp3) is 0.286. The van der Waals surface area contributed by atoms with Gasteiger partial charge < -0.3 is 24.4 Å². The zero-order valence-corrected chi connectivity index (χ0v) is 24.0. The molecular formula is C28H27ClN6O4S. The van der Waals surface area contributed by atoms with Gasteiger partial charge in [-0.25, -0.2) is 4.79 Å². The molecular weight excluding hydrogens is 552 g/mol. The van der Waals surface area contributed by atoms with Crippen LogP contribution in [0.15, 0.2) is 41.4 Å². The first-order chi connectivity index (χ1) is 19.4. The Morgan fingerprint density at radius 3 is 2.52 bits per heavy atom. The Labute approximate surface area is 240 Å². The SMILES string of the molecule is COc1cc(NC(=O)N2CCc3c(sc4c3C(c3ccccc3Cl)=NCc3nnc(C)n3-4)C2)cc(OC)c1OC. The van der Waals surface area contributed by atoms with E-state index in [-0.39, 0.29) is 6.03 Å². The second-order valence-corrected chi connectivity index (χ2v) is 10.8. The van der Waals surface area contributed by atoms with Crippen molar-refractivity contribution >= 4 is 40.4 Å². The van der Waals surface area contributed by atoms with E-state index < -0.39 is 0 Å². The largest absolute Gasteiger partial charge is 0.493 e. The summed E-state index contributed by atoms with van der Waals surface area (Å²) in [5.41, 5.74) is 4.49. The van der Waals surface area contributed by atoms with E-state index in [2.05, 4.69) is 20.1 Å². The molecule has 0 atom stereocenters. The molecule has 40 heavy (non-hydrogen) atoms. The van der Waals surface area contributed by atoms with Crippen LogP contribution in [0.3, 0.4) is 0 Å². The van der Waals surface area contributed by atoms with Gasteiger partial charge in [0.1, 0.15) is 17.4 Å². The number of aromatic nitrogens is 3. The van der Waals surface area contributed by atoms with Gasteiger partial charge in [0.15, 0.2) is 17.3 Å². The molecule has 0 unspecified atom stereocenters. The molecule has 2 amide bonds. The lowest BCUT2D eigenvalue weighted by molar-refractivity contribution is 0.207. The first kappa shape index (κ1) is 26.1. The number of ether oxygens (including phenoxy) is 3. The van der Waals surface area contributed by atoms with Crippen molar-refractivity contribution in [2.45, 2.75) is 26.4 Å². The molecule has 0 saturated heterocycles. The number of benzene rings is 2. The Hall–Kier alpha value is -4.09. The normalized spacial score (nSPS) is 13.9. The molecule has 2 aliphatic rings. The Balaban J connectivity index is 1.35. The number of amides is 2. The number of thiophene rings is 1. The Morgan fingerprint density at radius 1 is 1.07 bits per heavy atom. The third-order valence-corrected chi connectivity index (χ3v) is 8.61. The second-order valence-electron chi connectivity index (χ2n) is 9.34. The van der Waals surface area contributed by atoms with Crippen molar-refractivity contribution in [3.8, 4) is 22.2 Å². The van der Waals surface area contributed by atoms with Crippen LogP contribution in [0.4, 0.5) is 10.5 Å². The number of fused-ring (bicyclic) bond motifs is 5. The number of aliphatic imine (C=N–C) groups is 1. The lowest BCUT2D eigenvalue weighted by Crippen LogP contribution is -2.38. The van der Waals surface area contributed by atoms with Crippen molar-refractivity contribution in [2.24, 2.45) is 4.99 Å². The van der Waals surface area contributed by atoms with Crippen LogP contribution in [0.2, 0.25) is 5.02 Å². The zero-order chi connectivity index (χ0) is 28.0. The molecule has 0 aliphatic carbocycles. The molecule has 12 heteroatoms. The van der Waals surface area contributed by atoms with Gasteiger partial charge in [0, 0.05) is 39.7 Å². The molecule has 0 bridgehead atoms. The summed E-state index contributed by atoms with van der Waals surface area (Å²) in [7, 11) is 4.62. The van der Waals surface area contributed by atoms with E-state index >= 15 is 0 Å². The maximum atomic E-state index is 13.4. The van der Waals surface area contributed by atoms with Crippen LogP contribution >= 0.6 is 22.9 Å². The van der Waals surface area contributed by atoms with Gasteiger partial charge in [0.2, 0.25) is 5.75 Å². The quantitative estimate of drug-likeness (QED) is 0.347. The van der Waals surface area contributed by atoms with Crippen molar-refractivity contribution < 1.29 is 19.0 Å². The van der Waals surface area contributed by atoms with E-state index in [4.69, 9.17) is 30.8 Å². The van der Waals surface area contributed by atoms with E-state index in [0.29, 0.717) is 54.0 Å². The zero-order valence-electron chi connectivity index (χ0n) is 22.4. The lowest BCUT2D eigenvalue weighted by Gasteiger charge is -2.28. The summed E-state index contributed by atoms with van der Waals surface area (Å²) in [4.78, 5) is 21.3. The van der Waals surface area contributed by atoms with E-state index in [1.54, 1.807) is 49.7 Å². The monoisotopic (exact) mass is 578 g/mol. The number of halogens is 1. The van der Waals surface area contributed by atoms with E-state index in [1.165, 1.54) is 5.56 Å². The summed E-state index contributed by atoms with van der Waals surface area (Å²) >= 11 is 8.29. The minimum absolute atomic E-state index is 0.218. The highest BCUT2D eigenvalue weighted by molar-refractivity contribution is 7.15. The number of aryl methyl sites for hydroxylation is 1. The van der Waals surface area contributed by atoms with Crippen LogP contribution in [-0.2, 0) is 19.5 Å². The summed E-state index contributed by atoms with van der Waals surface area (Å²) in [6.07, 6.45) is 0.670. The average molecular weight is 579 g/mol. The standard InChI is InChI=1S/C28H27ClN6O4S/c1-15-32-33-23-13-30-25(17-7-5-6-8-19(17)29)24-18-9-10-34(14-22(18)40-27(24)35(15)23)28(36)31-16-11-20(37-2)26(39-4)21(12-16)38-3/h5-8,11-12H,9-10,13-14H2,1-4H3,(H,31,36). The maximum Gasteiger partial charge on any atom is 0.322 e. The van der Waals surface area contributed by atoms with Gasteiger partial charge in [-0.3, -0.25) is 9.56 Å². The van der Waals surface area contributed by atoms with Crippen LogP contribution in [0, 0.1) is 6.92 Å². The third kappa shape index (κ3) is 4.35. The van der Waals surface area contributed by atoms with Crippen molar-refractivity contribution in [1.82, 2.24) is 19.7 Å². The predicted octanol–water partition coefficient (Wildman–Crippen LogP) is 5.26. The van der Waals surface area contributed by atoms with Crippen LogP contribution in [0.1, 0.15) is 33.2 Å². The smallest absolute Gasteiger partial charge is 0.322 e. The number of carbonyl (C=O) groups excluding carboxylic acids is 1. The summed E-state index contributed by atoms with van der Waals surface area (Å²) in [6.45, 7) is 3.34. The molecule has 0 radical (unpaired) electrons. The van der Waals surface area contributed by atoms with Gasteiger partial charge in [-0.2, -0.15) is 0 Å². The van der Waals surface area contributed by atoms with Gasteiger partial charge in [-0.05, 0) is 25.0 Å². The molecule has 0 saturated carbocycles. The van der Waals surface area contributed by atoms with Gasteiger partial charge in [-0.1, -0.05) is 29.8 Å². The number of rotatable bonds is 5. The van der Waals surface area contributed by atoms with E-state index in [0.717, 1.165) is 38.4 Å². The van der Waals surface area contributed by atoms with Crippen molar-refractivity contribution in [2.75, 3.05) is 33.2 Å². The number of urea groups is 1. The molecule has 4 aromatic rings. The molecule has 0 spiro atoms. The number of carbonyl (C=O) groups is 1. The maximum absolute atomic E-state index is 13.4. The molecule has 1 N–H and O–H groups in total. The van der Waals surface area contributed by atoms with Crippen LogP contribution in [0.5, 0.6) is 17.2 Å². The summed E-state index contributed by atoms with van der Waals surface area (Å²) in [5, 5.41) is 13.3. The Kier molecular flexibility index (Phi) is 6.85. The van der Waals surface area contributed by atoms with Gasteiger partial charge >= 0.3 is 6.03 Å². The summed E-state index contributed by atoms with van der Waals surface area (Å²) in [5.74, 6) is 2.96. The molecule has 206 valence electrons. The average Bonchev–Trinajstić information content (AvgIpc) is 3.47. The number of anilines is 1. The molecule has 2 aromatic carbocycles. The van der Waals surface area contributed by atoms with Gasteiger partial charge in [-0.15, -0.1) is 21.5 Å². The highest BCUT2D eigenvalue weighted by Gasteiger charge is 2.33.